The number of aliphatic carboxylic acids is 1. The van der Waals surface area contributed by atoms with Gasteiger partial charge in [-0.25, -0.2) is 4.98 Å². The molecule has 0 aliphatic carbocycles. The van der Waals surface area contributed by atoms with Crippen LogP contribution in [0.2, 0.25) is 0 Å². The number of benzene rings is 1. The van der Waals surface area contributed by atoms with Gasteiger partial charge in [-0.15, -0.1) is 5.10 Å². The van der Waals surface area contributed by atoms with Crippen LogP contribution in [-0.4, -0.2) is 38.0 Å². The summed E-state index contributed by atoms with van der Waals surface area (Å²) >= 11 is 0. The zero-order chi connectivity index (χ0) is 27.8. The summed E-state index contributed by atoms with van der Waals surface area (Å²) < 4.78 is 60.8. The molecule has 0 saturated heterocycles. The number of nitrogens with one attached hydrogen (secondary N) is 2. The van der Waals surface area contributed by atoms with Gasteiger partial charge in [-0.05, 0) is 37.0 Å². The Balaban J connectivity index is 0.000000604. The van der Waals surface area contributed by atoms with Crippen molar-refractivity contribution < 1.29 is 44.9 Å². The molecule has 1 atom stereocenters. The van der Waals surface area contributed by atoms with Gasteiger partial charge in [0.1, 0.15) is 5.69 Å². The quantitative estimate of drug-likeness (QED) is 0.262. The van der Waals surface area contributed by atoms with Crippen LogP contribution < -0.4 is 10.3 Å². The first-order chi connectivity index (χ1) is 16.9. The Bertz CT molecular complexity index is 1200. The van der Waals surface area contributed by atoms with Crippen LogP contribution in [0.1, 0.15) is 30.9 Å². The number of amides is 1. The Morgan fingerprint density at radius 3 is 2.35 bits per heavy atom. The molecule has 0 spiro atoms. The molecule has 2 heterocycles. The molecule has 0 aliphatic rings. The third-order valence-electron chi connectivity index (χ3n) is 4.64. The van der Waals surface area contributed by atoms with Gasteiger partial charge >= 0.3 is 39.0 Å². The van der Waals surface area contributed by atoms with Gasteiger partial charge in [0.15, 0.2) is 12.4 Å². The Hall–Kier alpha value is -3.54. The van der Waals surface area contributed by atoms with Gasteiger partial charge < -0.3 is 10.4 Å². The summed E-state index contributed by atoms with van der Waals surface area (Å²) in [6.07, 6.45) is 7.19. The molecule has 0 radical (unpaired) electrons. The number of hydrogen-bond acceptors (Lipinski definition) is 4. The molecule has 3 rings (SSSR count). The van der Waals surface area contributed by atoms with E-state index in [0.717, 1.165) is 23.1 Å². The van der Waals surface area contributed by atoms with Gasteiger partial charge in [0.25, 0.3) is 0 Å². The van der Waals surface area contributed by atoms with E-state index in [0.29, 0.717) is 18.7 Å². The van der Waals surface area contributed by atoms with Crippen molar-refractivity contribution in [1.29, 1.82) is 0 Å². The fourth-order valence-electron chi connectivity index (χ4n) is 3.25. The van der Waals surface area contributed by atoms with E-state index < -0.39 is 13.8 Å². The Morgan fingerprint density at radius 2 is 1.73 bits per heavy atom. The Morgan fingerprint density at radius 1 is 1.08 bits per heavy atom. The predicted molar refractivity (Wildman–Crippen MR) is 124 cm³/mol. The number of aromatic nitrogens is 4. The van der Waals surface area contributed by atoms with E-state index in [1.165, 1.54) is 0 Å². The molecule has 1 aromatic carbocycles. The standard InChI is InChI=1S/C22H25N5O3.F6P/c1-16(12-17-7-9-23-10-8-17)24-21(28)14-18-4-2-5-19(13-18)20-15-27(26-25-20)11-3-6-22(29)30;1-7(2,3,4,5)6/h2,4-5,7-10,13,15-16H,3,6,11-12,14H2,1H3,(H,24,28)(H,29,30);/q;-1/p+1. The summed E-state index contributed by atoms with van der Waals surface area (Å²) in [5, 5.41) is 20.0. The minimum atomic E-state index is -10.7. The first kappa shape index (κ1) is 29.7. The normalized spacial score (nSPS) is 13.9. The molecule has 0 saturated carbocycles. The van der Waals surface area contributed by atoms with Gasteiger partial charge in [-0.3, -0.25) is 14.3 Å². The Kier molecular flexibility index (Phi) is 9.02. The molecule has 204 valence electrons. The second kappa shape index (κ2) is 11.2. The minimum absolute atomic E-state index is 0.0283. The van der Waals surface area contributed by atoms with Crippen molar-refractivity contribution in [2.24, 2.45) is 0 Å². The first-order valence-electron chi connectivity index (χ1n) is 11.0. The molecule has 3 N–H and O–H groups in total. The maximum absolute atomic E-state index is 12.4. The molecule has 1 unspecified atom stereocenters. The van der Waals surface area contributed by atoms with E-state index >= 15 is 0 Å². The van der Waals surface area contributed by atoms with Crippen molar-refractivity contribution in [2.45, 2.75) is 45.2 Å². The van der Waals surface area contributed by atoms with Crippen molar-refractivity contribution in [3.8, 4) is 11.3 Å². The van der Waals surface area contributed by atoms with E-state index in [-0.39, 0.29) is 24.8 Å². The van der Waals surface area contributed by atoms with E-state index in [9.17, 15) is 34.8 Å². The van der Waals surface area contributed by atoms with E-state index in [4.69, 9.17) is 5.11 Å². The molecule has 8 nitrogen and oxygen atoms in total. The number of nitrogens with zero attached hydrogens (tertiary/aromatic N) is 3. The molecule has 1 amide bonds. The summed E-state index contributed by atoms with van der Waals surface area (Å²) in [6.45, 7) is 2.49. The van der Waals surface area contributed by atoms with Gasteiger partial charge in [-0.2, -0.15) is 0 Å². The predicted octanol–water partition coefficient (Wildman–Crippen LogP) is 5.30. The summed E-state index contributed by atoms with van der Waals surface area (Å²) in [4.78, 5) is 26.1. The number of carboxylic acids is 1. The third-order valence-corrected chi connectivity index (χ3v) is 4.64. The molecule has 15 heteroatoms. The number of pyridine rings is 1. The zero-order valence-corrected chi connectivity index (χ0v) is 20.5. The first-order valence-corrected chi connectivity index (χ1v) is 13.0. The number of aryl methyl sites for hydroxylation is 1. The van der Waals surface area contributed by atoms with Crippen molar-refractivity contribution in [3.63, 3.8) is 0 Å². The maximum atomic E-state index is 12.4. The number of H-pyrrole nitrogens is 1. The van der Waals surface area contributed by atoms with Gasteiger partial charge in [0.2, 0.25) is 5.91 Å². The molecular weight excluding hydrogens is 527 g/mol. The van der Waals surface area contributed by atoms with Crippen LogP contribution in [0.5, 0.6) is 0 Å². The number of carboxylic acid groups (broad SMARTS) is 1. The fraction of sp³-hybridized carbons (Fsp3) is 0.318. The van der Waals surface area contributed by atoms with Crippen molar-refractivity contribution in [2.75, 3.05) is 0 Å². The van der Waals surface area contributed by atoms with E-state index in [2.05, 4.69) is 20.6 Å². The number of carbonyl (C=O) groups is 2. The molecule has 37 heavy (non-hydrogen) atoms. The molecular formula is C22H26F6N5O3P. The number of rotatable bonds is 10. The summed E-state index contributed by atoms with van der Waals surface area (Å²) in [5.74, 6) is -0.850. The van der Waals surface area contributed by atoms with Crippen LogP contribution in [0.15, 0.2) is 55.0 Å². The van der Waals surface area contributed by atoms with Gasteiger partial charge in [-0.1, -0.05) is 23.4 Å². The SMILES string of the molecule is CC(Cc1cc[nH+]cc1)NC(=O)Cc1cccc(-c2cn(CCCC(=O)O)nn2)c1.F[P-](F)(F)(F)(F)F. The molecule has 3 aromatic rings. The van der Waals surface area contributed by atoms with Gasteiger partial charge in [0, 0.05) is 36.7 Å². The third kappa shape index (κ3) is 14.6. The topological polar surface area (TPSA) is 111 Å². The van der Waals surface area contributed by atoms with Crippen molar-refractivity contribution in [1.82, 2.24) is 20.3 Å². The van der Waals surface area contributed by atoms with Gasteiger partial charge in [0.05, 0.1) is 12.6 Å². The zero-order valence-electron chi connectivity index (χ0n) is 19.6. The van der Waals surface area contributed by atoms with Crippen LogP contribution >= 0.6 is 7.81 Å². The number of halogens is 6. The van der Waals surface area contributed by atoms with Crippen LogP contribution in [-0.2, 0) is 29.0 Å². The van der Waals surface area contributed by atoms with E-state index in [1.807, 2.05) is 55.7 Å². The Labute approximate surface area is 207 Å². The van der Waals surface area contributed by atoms with Crippen LogP contribution in [0.4, 0.5) is 25.2 Å². The monoisotopic (exact) mass is 553 g/mol. The molecule has 0 fully saturated rings. The summed E-state index contributed by atoms with van der Waals surface area (Å²) in [6, 6.07) is 11.7. The van der Waals surface area contributed by atoms with Crippen LogP contribution in [0.3, 0.4) is 0 Å². The van der Waals surface area contributed by atoms with Crippen molar-refractivity contribution in [3.05, 3.63) is 66.1 Å². The van der Waals surface area contributed by atoms with Crippen molar-refractivity contribution >= 4 is 19.7 Å². The van der Waals surface area contributed by atoms with Crippen LogP contribution in [0.25, 0.3) is 11.3 Å². The number of hydrogen-bond donors (Lipinski definition) is 2. The second-order valence-electron chi connectivity index (χ2n) is 8.28. The van der Waals surface area contributed by atoms with Crippen LogP contribution in [0, 0.1) is 0 Å². The summed E-state index contributed by atoms with van der Waals surface area (Å²) in [5.41, 5.74) is 3.63. The average Bonchev–Trinajstić information content (AvgIpc) is 3.21. The average molecular weight is 553 g/mol. The number of aromatic amines is 1. The molecule has 2 aromatic heterocycles. The number of carbonyl (C=O) groups excluding carboxylic acids is 1. The second-order valence-corrected chi connectivity index (χ2v) is 10.2. The van der Waals surface area contributed by atoms with E-state index in [1.54, 1.807) is 10.9 Å². The fourth-order valence-corrected chi connectivity index (χ4v) is 3.25. The molecule has 0 aliphatic heterocycles. The summed E-state index contributed by atoms with van der Waals surface area (Å²) in [7, 11) is -10.7. The molecule has 0 bridgehead atoms.